The molecule has 2 heterocycles. The lowest BCUT2D eigenvalue weighted by atomic mass is 10.00. The molecule has 1 fully saturated rings. The number of carbonyl (C=O) groups is 1. The van der Waals surface area contributed by atoms with Crippen LogP contribution >= 0.6 is 11.3 Å². The Morgan fingerprint density at radius 3 is 2.85 bits per heavy atom. The van der Waals surface area contributed by atoms with Gasteiger partial charge in [0.2, 0.25) is 5.91 Å². The van der Waals surface area contributed by atoms with Crippen LogP contribution in [-0.4, -0.2) is 54.2 Å². The molecule has 1 aromatic rings. The van der Waals surface area contributed by atoms with Crippen LogP contribution in [0.5, 0.6) is 0 Å². The summed E-state index contributed by atoms with van der Waals surface area (Å²) in [6.07, 6.45) is -0.635. The summed E-state index contributed by atoms with van der Waals surface area (Å²) in [6, 6.07) is 1.88. The van der Waals surface area contributed by atoms with Gasteiger partial charge in [-0.2, -0.15) is 11.3 Å². The number of carbonyl (C=O) groups excluding carboxylic acids is 1. The molecule has 1 amide bonds. The molecule has 0 spiro atoms. The Morgan fingerprint density at radius 2 is 2.25 bits per heavy atom. The number of piperazine rings is 1. The minimum absolute atomic E-state index is 0.0336. The molecule has 1 aliphatic rings. The molecule has 0 saturated carbocycles. The standard InChI is InChI=1S/C14H23N3O2S/c1-14(2,17-6-4-15-5-7-17)13(19)16-9-12(18)11-3-8-20-10-11/h3,8,10,12,15,18H,4-7,9H2,1-2H3,(H,16,19). The maximum absolute atomic E-state index is 12.4. The molecule has 1 aliphatic heterocycles. The van der Waals surface area contributed by atoms with Crippen LogP contribution in [-0.2, 0) is 4.79 Å². The van der Waals surface area contributed by atoms with Crippen molar-refractivity contribution in [3.8, 4) is 0 Å². The first-order valence-corrected chi connectivity index (χ1v) is 7.90. The Bertz CT molecular complexity index is 428. The molecule has 20 heavy (non-hydrogen) atoms. The van der Waals surface area contributed by atoms with Crippen LogP contribution in [0, 0.1) is 0 Å². The first-order valence-electron chi connectivity index (χ1n) is 6.96. The van der Waals surface area contributed by atoms with E-state index in [2.05, 4.69) is 15.5 Å². The fraction of sp³-hybridized carbons (Fsp3) is 0.643. The van der Waals surface area contributed by atoms with E-state index in [0.717, 1.165) is 31.7 Å². The van der Waals surface area contributed by atoms with Crippen LogP contribution in [0.15, 0.2) is 16.8 Å². The van der Waals surface area contributed by atoms with Gasteiger partial charge in [0.25, 0.3) is 0 Å². The molecule has 1 unspecified atom stereocenters. The minimum atomic E-state index is -0.635. The Morgan fingerprint density at radius 1 is 1.55 bits per heavy atom. The van der Waals surface area contributed by atoms with Crippen LogP contribution in [0.1, 0.15) is 25.5 Å². The monoisotopic (exact) mass is 297 g/mol. The van der Waals surface area contributed by atoms with Gasteiger partial charge in [0.15, 0.2) is 0 Å². The first kappa shape index (κ1) is 15.4. The van der Waals surface area contributed by atoms with E-state index in [1.165, 1.54) is 0 Å². The SMILES string of the molecule is CC(C)(C(=O)NCC(O)c1ccsc1)N1CCNCC1. The number of aliphatic hydroxyl groups is 1. The van der Waals surface area contributed by atoms with Gasteiger partial charge in [0.05, 0.1) is 11.6 Å². The topological polar surface area (TPSA) is 64.6 Å². The number of amides is 1. The van der Waals surface area contributed by atoms with Gasteiger partial charge in [0, 0.05) is 32.7 Å². The van der Waals surface area contributed by atoms with Gasteiger partial charge in [-0.05, 0) is 36.2 Å². The van der Waals surface area contributed by atoms with Gasteiger partial charge in [-0.3, -0.25) is 9.69 Å². The van der Waals surface area contributed by atoms with Crippen molar-refractivity contribution >= 4 is 17.2 Å². The molecular formula is C14H23N3O2S. The highest BCUT2D eigenvalue weighted by Gasteiger charge is 2.35. The number of hydrogen-bond acceptors (Lipinski definition) is 5. The number of nitrogens with one attached hydrogen (secondary N) is 2. The summed E-state index contributed by atoms with van der Waals surface area (Å²) in [7, 11) is 0. The van der Waals surface area contributed by atoms with Crippen molar-refractivity contribution in [2.45, 2.75) is 25.5 Å². The van der Waals surface area contributed by atoms with Crippen molar-refractivity contribution in [2.24, 2.45) is 0 Å². The fourth-order valence-electron chi connectivity index (χ4n) is 2.36. The normalized spacial score (nSPS) is 18.8. The summed E-state index contributed by atoms with van der Waals surface area (Å²) in [5.74, 6) is -0.0336. The maximum atomic E-state index is 12.4. The van der Waals surface area contributed by atoms with Crippen molar-refractivity contribution in [3.05, 3.63) is 22.4 Å². The van der Waals surface area contributed by atoms with Crippen LogP contribution in [0.4, 0.5) is 0 Å². The van der Waals surface area contributed by atoms with E-state index in [0.29, 0.717) is 0 Å². The summed E-state index contributed by atoms with van der Waals surface area (Å²) in [5.41, 5.74) is 0.312. The van der Waals surface area contributed by atoms with E-state index in [4.69, 9.17) is 0 Å². The van der Waals surface area contributed by atoms with Crippen LogP contribution in [0.3, 0.4) is 0 Å². The summed E-state index contributed by atoms with van der Waals surface area (Å²) < 4.78 is 0. The molecule has 0 radical (unpaired) electrons. The second-order valence-electron chi connectivity index (χ2n) is 5.58. The Labute approximate surface area is 124 Å². The fourth-order valence-corrected chi connectivity index (χ4v) is 3.06. The predicted molar refractivity (Wildman–Crippen MR) is 80.8 cm³/mol. The van der Waals surface area contributed by atoms with E-state index >= 15 is 0 Å². The highest BCUT2D eigenvalue weighted by Crippen LogP contribution is 2.17. The first-order chi connectivity index (χ1) is 9.51. The molecule has 5 nitrogen and oxygen atoms in total. The average Bonchev–Trinajstić information content (AvgIpc) is 2.99. The van der Waals surface area contributed by atoms with Crippen molar-refractivity contribution in [3.63, 3.8) is 0 Å². The third kappa shape index (κ3) is 3.58. The lowest BCUT2D eigenvalue weighted by molar-refractivity contribution is -0.132. The van der Waals surface area contributed by atoms with Gasteiger partial charge in [-0.25, -0.2) is 0 Å². The molecule has 2 rings (SSSR count). The molecule has 3 N–H and O–H groups in total. The smallest absolute Gasteiger partial charge is 0.240 e. The van der Waals surface area contributed by atoms with Crippen LogP contribution in [0.2, 0.25) is 0 Å². The summed E-state index contributed by atoms with van der Waals surface area (Å²) >= 11 is 1.54. The number of hydrogen-bond donors (Lipinski definition) is 3. The quantitative estimate of drug-likeness (QED) is 0.744. The molecule has 0 aliphatic carbocycles. The molecule has 1 saturated heterocycles. The predicted octanol–water partition coefficient (Wildman–Crippen LogP) is 0.582. The molecule has 0 aromatic carbocycles. The highest BCUT2D eigenvalue weighted by atomic mass is 32.1. The number of nitrogens with zero attached hydrogens (tertiary/aromatic N) is 1. The van der Waals surface area contributed by atoms with E-state index in [1.54, 1.807) is 11.3 Å². The molecule has 1 atom stereocenters. The number of aliphatic hydroxyl groups excluding tert-OH is 1. The maximum Gasteiger partial charge on any atom is 0.240 e. The van der Waals surface area contributed by atoms with Crippen molar-refractivity contribution < 1.29 is 9.90 Å². The van der Waals surface area contributed by atoms with Gasteiger partial charge in [-0.15, -0.1) is 0 Å². The lowest BCUT2D eigenvalue weighted by Gasteiger charge is -2.39. The van der Waals surface area contributed by atoms with E-state index in [1.807, 2.05) is 30.7 Å². The van der Waals surface area contributed by atoms with Gasteiger partial charge >= 0.3 is 0 Å². The molecule has 1 aromatic heterocycles. The van der Waals surface area contributed by atoms with E-state index in [-0.39, 0.29) is 12.5 Å². The number of thiophene rings is 1. The second-order valence-corrected chi connectivity index (χ2v) is 6.36. The van der Waals surface area contributed by atoms with Crippen molar-refractivity contribution in [1.82, 2.24) is 15.5 Å². The molecule has 0 bridgehead atoms. The van der Waals surface area contributed by atoms with Gasteiger partial charge in [-0.1, -0.05) is 0 Å². The Hall–Kier alpha value is -0.950. The zero-order valence-electron chi connectivity index (χ0n) is 12.1. The molecule has 112 valence electrons. The van der Waals surface area contributed by atoms with Crippen LogP contribution < -0.4 is 10.6 Å². The Kier molecular flexibility index (Phi) is 5.15. The second kappa shape index (κ2) is 6.67. The zero-order chi connectivity index (χ0) is 14.6. The zero-order valence-corrected chi connectivity index (χ0v) is 12.9. The third-order valence-corrected chi connectivity index (χ3v) is 4.55. The summed E-state index contributed by atoms with van der Waals surface area (Å²) in [4.78, 5) is 14.5. The molecular weight excluding hydrogens is 274 g/mol. The van der Waals surface area contributed by atoms with E-state index in [9.17, 15) is 9.90 Å². The minimum Gasteiger partial charge on any atom is -0.387 e. The third-order valence-electron chi connectivity index (χ3n) is 3.85. The van der Waals surface area contributed by atoms with Gasteiger partial charge < -0.3 is 15.7 Å². The average molecular weight is 297 g/mol. The van der Waals surface area contributed by atoms with Gasteiger partial charge in [0.1, 0.15) is 0 Å². The highest BCUT2D eigenvalue weighted by molar-refractivity contribution is 7.07. The van der Waals surface area contributed by atoms with Crippen molar-refractivity contribution in [2.75, 3.05) is 32.7 Å². The van der Waals surface area contributed by atoms with Crippen molar-refractivity contribution in [1.29, 1.82) is 0 Å². The summed E-state index contributed by atoms with van der Waals surface area (Å²) in [6.45, 7) is 7.68. The largest absolute Gasteiger partial charge is 0.387 e. The Balaban J connectivity index is 1.86. The lowest BCUT2D eigenvalue weighted by Crippen LogP contribution is -2.60. The summed E-state index contributed by atoms with van der Waals surface area (Å²) in [5, 5.41) is 20.0. The molecule has 6 heteroatoms. The van der Waals surface area contributed by atoms with E-state index < -0.39 is 11.6 Å². The van der Waals surface area contributed by atoms with Crippen LogP contribution in [0.25, 0.3) is 0 Å². The number of rotatable bonds is 5.